The van der Waals surface area contributed by atoms with Gasteiger partial charge in [0, 0.05) is 49.9 Å². The molecule has 23 heavy (non-hydrogen) atoms. The fraction of sp³-hybridized carbons (Fsp3) is 0.333. The first-order valence-electron chi connectivity index (χ1n) is 7.29. The Morgan fingerprint density at radius 3 is 2.43 bits per heavy atom. The molecular formula is C15H16N4O4. The number of rotatable bonds is 4. The van der Waals surface area contributed by atoms with E-state index in [0.717, 1.165) is 18.8 Å². The summed E-state index contributed by atoms with van der Waals surface area (Å²) in [5.41, 5.74) is 0.456. The zero-order valence-corrected chi connectivity index (χ0v) is 12.4. The lowest BCUT2D eigenvalue weighted by molar-refractivity contribution is -0.384. The van der Waals surface area contributed by atoms with Gasteiger partial charge in [-0.05, 0) is 12.1 Å². The molecule has 3 rings (SSSR count). The van der Waals surface area contributed by atoms with E-state index in [1.54, 1.807) is 11.1 Å². The molecule has 8 nitrogen and oxygen atoms in total. The highest BCUT2D eigenvalue weighted by Crippen LogP contribution is 2.15. The predicted octanol–water partition coefficient (Wildman–Crippen LogP) is 1.54. The lowest BCUT2D eigenvalue weighted by Gasteiger charge is -2.34. The highest BCUT2D eigenvalue weighted by atomic mass is 16.6. The van der Waals surface area contributed by atoms with E-state index in [1.165, 1.54) is 24.3 Å². The summed E-state index contributed by atoms with van der Waals surface area (Å²) in [6, 6.07) is 7.54. The van der Waals surface area contributed by atoms with Gasteiger partial charge in [0.2, 0.25) is 0 Å². The number of benzene rings is 1. The fourth-order valence-corrected chi connectivity index (χ4v) is 2.56. The number of hydrogen-bond acceptors (Lipinski definition) is 6. The molecule has 120 valence electrons. The second-order valence-electron chi connectivity index (χ2n) is 5.35. The third-order valence-electron chi connectivity index (χ3n) is 3.86. The summed E-state index contributed by atoms with van der Waals surface area (Å²) in [6.45, 7) is 3.41. The van der Waals surface area contributed by atoms with Gasteiger partial charge in [-0.15, -0.1) is 0 Å². The maximum Gasteiger partial charge on any atom is 0.269 e. The van der Waals surface area contributed by atoms with Gasteiger partial charge in [0.25, 0.3) is 11.6 Å². The highest BCUT2D eigenvalue weighted by molar-refractivity contribution is 5.94. The number of nitrogens with zero attached hydrogens (tertiary/aromatic N) is 4. The van der Waals surface area contributed by atoms with E-state index in [9.17, 15) is 14.9 Å². The molecule has 0 atom stereocenters. The molecule has 1 aromatic heterocycles. The van der Waals surface area contributed by atoms with Crippen LogP contribution in [0.2, 0.25) is 0 Å². The number of carbonyl (C=O) groups excluding carboxylic acids is 1. The summed E-state index contributed by atoms with van der Waals surface area (Å²) in [6.07, 6.45) is 1.61. The molecule has 1 fully saturated rings. The molecule has 1 aliphatic heterocycles. The van der Waals surface area contributed by atoms with Crippen LogP contribution in [0.25, 0.3) is 0 Å². The monoisotopic (exact) mass is 316 g/mol. The average Bonchev–Trinajstić information content (AvgIpc) is 3.08. The highest BCUT2D eigenvalue weighted by Gasteiger charge is 2.23. The van der Waals surface area contributed by atoms with Gasteiger partial charge in [-0.25, -0.2) is 0 Å². The van der Waals surface area contributed by atoms with Crippen LogP contribution in [0.15, 0.2) is 41.1 Å². The summed E-state index contributed by atoms with van der Waals surface area (Å²) in [5.74, 6) is 0.708. The Morgan fingerprint density at radius 2 is 1.87 bits per heavy atom. The molecule has 0 saturated carbocycles. The van der Waals surface area contributed by atoms with Gasteiger partial charge in [0.15, 0.2) is 5.76 Å². The van der Waals surface area contributed by atoms with Crippen molar-refractivity contribution < 1.29 is 14.2 Å². The van der Waals surface area contributed by atoms with Gasteiger partial charge >= 0.3 is 0 Å². The average molecular weight is 316 g/mol. The first-order chi connectivity index (χ1) is 11.1. The van der Waals surface area contributed by atoms with E-state index < -0.39 is 4.92 Å². The van der Waals surface area contributed by atoms with Crippen molar-refractivity contribution in [2.24, 2.45) is 0 Å². The van der Waals surface area contributed by atoms with Crippen molar-refractivity contribution in [3.63, 3.8) is 0 Å². The molecule has 1 saturated heterocycles. The molecular weight excluding hydrogens is 300 g/mol. The summed E-state index contributed by atoms with van der Waals surface area (Å²) in [5, 5.41) is 14.3. The Bertz CT molecular complexity index is 676. The summed E-state index contributed by atoms with van der Waals surface area (Å²) >= 11 is 0. The molecule has 2 aromatic rings. The van der Waals surface area contributed by atoms with Crippen LogP contribution in [0, 0.1) is 10.1 Å². The Balaban J connectivity index is 1.56. The molecule has 0 unspecified atom stereocenters. The van der Waals surface area contributed by atoms with Crippen molar-refractivity contribution >= 4 is 11.6 Å². The van der Waals surface area contributed by atoms with Crippen LogP contribution in [0.4, 0.5) is 5.69 Å². The fourth-order valence-electron chi connectivity index (χ4n) is 2.56. The van der Waals surface area contributed by atoms with Gasteiger partial charge in [-0.3, -0.25) is 19.8 Å². The summed E-state index contributed by atoms with van der Waals surface area (Å²) in [7, 11) is 0. The minimum Gasteiger partial charge on any atom is -0.360 e. The van der Waals surface area contributed by atoms with Crippen molar-refractivity contribution in [3.8, 4) is 0 Å². The lowest BCUT2D eigenvalue weighted by Crippen LogP contribution is -2.48. The van der Waals surface area contributed by atoms with E-state index >= 15 is 0 Å². The van der Waals surface area contributed by atoms with Gasteiger partial charge in [-0.2, -0.15) is 0 Å². The number of carbonyl (C=O) groups is 1. The number of amides is 1. The normalized spacial score (nSPS) is 15.6. The summed E-state index contributed by atoms with van der Waals surface area (Å²) in [4.78, 5) is 26.5. The van der Waals surface area contributed by atoms with E-state index in [2.05, 4.69) is 10.1 Å². The van der Waals surface area contributed by atoms with Crippen LogP contribution >= 0.6 is 0 Å². The molecule has 0 spiro atoms. The molecule has 0 aliphatic carbocycles. The van der Waals surface area contributed by atoms with Crippen molar-refractivity contribution in [1.29, 1.82) is 0 Å². The minimum absolute atomic E-state index is 0.0153. The summed E-state index contributed by atoms with van der Waals surface area (Å²) < 4.78 is 5.08. The van der Waals surface area contributed by atoms with Crippen molar-refractivity contribution in [2.45, 2.75) is 6.54 Å². The number of nitro groups is 1. The molecule has 2 heterocycles. The van der Waals surface area contributed by atoms with E-state index in [1.807, 2.05) is 6.07 Å². The SMILES string of the molecule is O=C(c1ccc([N+](=O)[O-])cc1)N1CCN(Cc2ccno2)CC1. The Kier molecular flexibility index (Phi) is 4.33. The molecule has 0 radical (unpaired) electrons. The quantitative estimate of drug-likeness (QED) is 0.627. The molecule has 1 amide bonds. The van der Waals surface area contributed by atoms with Crippen LogP contribution in [0.3, 0.4) is 0 Å². The zero-order valence-electron chi connectivity index (χ0n) is 12.4. The number of hydrogen-bond donors (Lipinski definition) is 0. The standard InChI is InChI=1S/C15H16N4O4/c20-15(12-1-3-13(4-2-12)19(21)22)18-9-7-17(8-10-18)11-14-5-6-16-23-14/h1-6H,7-11H2. The van der Waals surface area contributed by atoms with E-state index in [4.69, 9.17) is 4.52 Å². The third-order valence-corrected chi connectivity index (χ3v) is 3.86. The van der Waals surface area contributed by atoms with Gasteiger partial charge in [0.1, 0.15) is 0 Å². The van der Waals surface area contributed by atoms with E-state index in [0.29, 0.717) is 25.2 Å². The minimum atomic E-state index is -0.476. The van der Waals surface area contributed by atoms with Crippen molar-refractivity contribution in [1.82, 2.24) is 15.0 Å². The Labute approximate surface area is 132 Å². The molecule has 0 bridgehead atoms. The maximum absolute atomic E-state index is 12.4. The first kappa shape index (κ1) is 15.2. The third kappa shape index (κ3) is 3.54. The smallest absolute Gasteiger partial charge is 0.269 e. The molecule has 8 heteroatoms. The number of non-ortho nitro benzene ring substituents is 1. The Hall–Kier alpha value is -2.74. The van der Waals surface area contributed by atoms with Crippen LogP contribution in [0.1, 0.15) is 16.1 Å². The second-order valence-corrected chi connectivity index (χ2v) is 5.35. The van der Waals surface area contributed by atoms with Crippen LogP contribution < -0.4 is 0 Å². The van der Waals surface area contributed by atoms with Crippen LogP contribution in [0.5, 0.6) is 0 Å². The lowest BCUT2D eigenvalue weighted by atomic mass is 10.1. The van der Waals surface area contributed by atoms with Crippen molar-refractivity contribution in [3.05, 3.63) is 58.0 Å². The van der Waals surface area contributed by atoms with Crippen LogP contribution in [-0.2, 0) is 6.54 Å². The van der Waals surface area contributed by atoms with E-state index in [-0.39, 0.29) is 11.6 Å². The first-order valence-corrected chi connectivity index (χ1v) is 7.29. The topological polar surface area (TPSA) is 92.7 Å². The Morgan fingerprint density at radius 1 is 1.17 bits per heavy atom. The van der Waals surface area contributed by atoms with Gasteiger partial charge in [0.05, 0.1) is 17.7 Å². The second kappa shape index (κ2) is 6.57. The number of aromatic nitrogens is 1. The predicted molar refractivity (Wildman–Crippen MR) is 80.8 cm³/mol. The number of nitro benzene ring substituents is 1. The van der Waals surface area contributed by atoms with Crippen LogP contribution in [-0.4, -0.2) is 52.0 Å². The van der Waals surface area contributed by atoms with Gasteiger partial charge in [-0.1, -0.05) is 5.16 Å². The largest absolute Gasteiger partial charge is 0.360 e. The molecule has 1 aromatic carbocycles. The molecule has 1 aliphatic rings. The zero-order chi connectivity index (χ0) is 16.2. The van der Waals surface area contributed by atoms with Gasteiger partial charge < -0.3 is 9.42 Å². The maximum atomic E-state index is 12.4. The van der Waals surface area contributed by atoms with Crippen molar-refractivity contribution in [2.75, 3.05) is 26.2 Å². The number of piperazine rings is 1. The molecule has 0 N–H and O–H groups in total.